The van der Waals surface area contributed by atoms with Gasteiger partial charge in [-0.3, -0.25) is 9.88 Å². The van der Waals surface area contributed by atoms with Gasteiger partial charge in [0.25, 0.3) is 0 Å². The number of hydrogen-bond donors (Lipinski definition) is 1. The fourth-order valence-electron chi connectivity index (χ4n) is 2.42. The minimum absolute atomic E-state index is 0.183. The van der Waals surface area contributed by atoms with Gasteiger partial charge in [-0.25, -0.2) is 0 Å². The van der Waals surface area contributed by atoms with Gasteiger partial charge >= 0.3 is 0 Å². The topological polar surface area (TPSA) is 42.1 Å². The van der Waals surface area contributed by atoms with Crippen LogP contribution in [0.3, 0.4) is 0 Å². The standard InChI is InChI=1S/C14H23N3/c1-3-13(15)14(12-5-4-8-16-9-12)17(2)10-11-6-7-11/h4-5,8-9,11,13-14H,3,6-7,10,15H2,1-2H3. The lowest BCUT2D eigenvalue weighted by Gasteiger charge is -2.32. The molecule has 0 saturated heterocycles. The van der Waals surface area contributed by atoms with E-state index in [4.69, 9.17) is 5.73 Å². The van der Waals surface area contributed by atoms with Crippen LogP contribution in [0.5, 0.6) is 0 Å². The van der Waals surface area contributed by atoms with E-state index in [1.807, 2.05) is 18.5 Å². The van der Waals surface area contributed by atoms with Gasteiger partial charge in [-0.05, 0) is 43.9 Å². The quantitative estimate of drug-likeness (QED) is 0.819. The molecule has 0 amide bonds. The van der Waals surface area contributed by atoms with Crippen LogP contribution in [-0.4, -0.2) is 29.5 Å². The first-order valence-corrected chi connectivity index (χ1v) is 6.58. The maximum atomic E-state index is 6.28. The Labute approximate surface area is 104 Å². The first kappa shape index (κ1) is 12.5. The smallest absolute Gasteiger partial charge is 0.0511 e. The Balaban J connectivity index is 2.11. The molecular formula is C14H23N3. The van der Waals surface area contributed by atoms with E-state index in [0.29, 0.717) is 6.04 Å². The van der Waals surface area contributed by atoms with Crippen molar-refractivity contribution in [3.05, 3.63) is 30.1 Å². The van der Waals surface area contributed by atoms with E-state index in [1.54, 1.807) is 0 Å². The summed E-state index contributed by atoms with van der Waals surface area (Å²) in [5.41, 5.74) is 7.52. The van der Waals surface area contributed by atoms with Gasteiger partial charge in [0.05, 0.1) is 6.04 Å². The number of rotatable bonds is 6. The number of aromatic nitrogens is 1. The highest BCUT2D eigenvalue weighted by Crippen LogP contribution is 2.33. The molecular weight excluding hydrogens is 210 g/mol. The highest BCUT2D eigenvalue weighted by Gasteiger charge is 2.29. The molecule has 2 N–H and O–H groups in total. The lowest BCUT2D eigenvalue weighted by molar-refractivity contribution is 0.201. The van der Waals surface area contributed by atoms with Crippen molar-refractivity contribution in [1.82, 2.24) is 9.88 Å². The second kappa shape index (κ2) is 5.61. The van der Waals surface area contributed by atoms with E-state index in [9.17, 15) is 0 Å². The molecule has 0 radical (unpaired) electrons. The maximum Gasteiger partial charge on any atom is 0.0511 e. The Morgan fingerprint density at radius 3 is 2.82 bits per heavy atom. The summed E-state index contributed by atoms with van der Waals surface area (Å²) in [5.74, 6) is 0.892. The molecule has 2 atom stereocenters. The lowest BCUT2D eigenvalue weighted by atomic mass is 9.98. The Hall–Kier alpha value is -0.930. The van der Waals surface area contributed by atoms with Gasteiger partial charge in [0.1, 0.15) is 0 Å². The van der Waals surface area contributed by atoms with Crippen LogP contribution >= 0.6 is 0 Å². The average molecular weight is 233 g/mol. The summed E-state index contributed by atoms with van der Waals surface area (Å²) < 4.78 is 0. The second-order valence-electron chi connectivity index (χ2n) is 5.19. The summed E-state index contributed by atoms with van der Waals surface area (Å²) in [7, 11) is 2.19. The van der Waals surface area contributed by atoms with Crippen molar-refractivity contribution in [2.45, 2.75) is 38.3 Å². The van der Waals surface area contributed by atoms with Gasteiger partial charge in [0.2, 0.25) is 0 Å². The van der Waals surface area contributed by atoms with Crippen LogP contribution in [0, 0.1) is 5.92 Å². The Morgan fingerprint density at radius 1 is 1.53 bits per heavy atom. The van der Waals surface area contributed by atoms with E-state index in [1.165, 1.54) is 18.4 Å². The number of hydrogen-bond acceptors (Lipinski definition) is 3. The van der Waals surface area contributed by atoms with Gasteiger partial charge < -0.3 is 5.73 Å². The van der Waals surface area contributed by atoms with Crippen LogP contribution in [0.4, 0.5) is 0 Å². The zero-order valence-corrected chi connectivity index (χ0v) is 10.8. The molecule has 0 bridgehead atoms. The summed E-state index contributed by atoms with van der Waals surface area (Å²) in [5, 5.41) is 0. The summed E-state index contributed by atoms with van der Waals surface area (Å²) in [6.07, 6.45) is 7.52. The highest BCUT2D eigenvalue weighted by atomic mass is 15.2. The zero-order chi connectivity index (χ0) is 12.3. The van der Waals surface area contributed by atoms with E-state index in [2.05, 4.69) is 29.9 Å². The van der Waals surface area contributed by atoms with Crippen molar-refractivity contribution in [3.63, 3.8) is 0 Å². The van der Waals surface area contributed by atoms with Crippen molar-refractivity contribution in [2.24, 2.45) is 11.7 Å². The van der Waals surface area contributed by atoms with Gasteiger partial charge in [0, 0.05) is 25.0 Å². The van der Waals surface area contributed by atoms with Crippen LogP contribution in [0.1, 0.15) is 37.8 Å². The van der Waals surface area contributed by atoms with Crippen LogP contribution in [0.2, 0.25) is 0 Å². The molecule has 1 aromatic heterocycles. The normalized spacial score (nSPS) is 19.3. The molecule has 2 rings (SSSR count). The highest BCUT2D eigenvalue weighted by molar-refractivity contribution is 5.16. The first-order chi connectivity index (χ1) is 8.22. The van der Waals surface area contributed by atoms with E-state index >= 15 is 0 Å². The molecule has 1 heterocycles. The van der Waals surface area contributed by atoms with Crippen molar-refractivity contribution in [1.29, 1.82) is 0 Å². The molecule has 0 aromatic carbocycles. The summed E-state index contributed by atoms with van der Waals surface area (Å²) in [6, 6.07) is 4.61. The van der Waals surface area contributed by atoms with Gasteiger partial charge in [-0.2, -0.15) is 0 Å². The fraction of sp³-hybridized carbons (Fsp3) is 0.643. The molecule has 1 aliphatic rings. The number of likely N-dealkylation sites (N-methyl/N-ethyl adjacent to an activating group) is 1. The molecule has 17 heavy (non-hydrogen) atoms. The first-order valence-electron chi connectivity index (χ1n) is 6.58. The summed E-state index contributed by atoms with van der Waals surface area (Å²) >= 11 is 0. The number of pyridine rings is 1. The zero-order valence-electron chi connectivity index (χ0n) is 10.8. The van der Waals surface area contributed by atoms with Crippen molar-refractivity contribution in [2.75, 3.05) is 13.6 Å². The molecule has 3 nitrogen and oxygen atoms in total. The lowest BCUT2D eigenvalue weighted by Crippen LogP contribution is -2.39. The van der Waals surface area contributed by atoms with E-state index < -0.39 is 0 Å². The summed E-state index contributed by atoms with van der Waals surface area (Å²) in [4.78, 5) is 6.62. The Morgan fingerprint density at radius 2 is 2.29 bits per heavy atom. The van der Waals surface area contributed by atoms with E-state index in [-0.39, 0.29) is 6.04 Å². The van der Waals surface area contributed by atoms with Crippen molar-refractivity contribution < 1.29 is 0 Å². The summed E-state index contributed by atoms with van der Waals surface area (Å²) in [6.45, 7) is 3.31. The third-order valence-corrected chi connectivity index (χ3v) is 3.62. The minimum atomic E-state index is 0.183. The number of nitrogens with two attached hydrogens (primary N) is 1. The van der Waals surface area contributed by atoms with E-state index in [0.717, 1.165) is 18.9 Å². The monoisotopic (exact) mass is 233 g/mol. The predicted octanol–water partition coefficient (Wildman–Crippen LogP) is 2.20. The molecule has 1 saturated carbocycles. The molecule has 1 fully saturated rings. The molecule has 0 spiro atoms. The molecule has 3 heteroatoms. The van der Waals surface area contributed by atoms with Gasteiger partial charge in [-0.1, -0.05) is 13.0 Å². The Bertz CT molecular complexity index is 335. The fourth-order valence-corrected chi connectivity index (χ4v) is 2.42. The van der Waals surface area contributed by atoms with Crippen LogP contribution < -0.4 is 5.73 Å². The molecule has 94 valence electrons. The molecule has 1 aromatic rings. The predicted molar refractivity (Wildman–Crippen MR) is 70.6 cm³/mol. The van der Waals surface area contributed by atoms with Crippen molar-refractivity contribution in [3.8, 4) is 0 Å². The van der Waals surface area contributed by atoms with Gasteiger partial charge in [0.15, 0.2) is 0 Å². The molecule has 2 unspecified atom stereocenters. The van der Waals surface area contributed by atoms with Crippen LogP contribution in [-0.2, 0) is 0 Å². The number of nitrogens with zero attached hydrogens (tertiary/aromatic N) is 2. The molecule has 1 aliphatic carbocycles. The van der Waals surface area contributed by atoms with Crippen molar-refractivity contribution >= 4 is 0 Å². The average Bonchev–Trinajstić information content (AvgIpc) is 3.14. The van der Waals surface area contributed by atoms with Crippen LogP contribution in [0.15, 0.2) is 24.5 Å². The third-order valence-electron chi connectivity index (χ3n) is 3.62. The SMILES string of the molecule is CCC(N)C(c1cccnc1)N(C)CC1CC1. The van der Waals surface area contributed by atoms with Gasteiger partial charge in [-0.15, -0.1) is 0 Å². The maximum absolute atomic E-state index is 6.28. The molecule has 0 aliphatic heterocycles. The third kappa shape index (κ3) is 3.27. The minimum Gasteiger partial charge on any atom is -0.326 e. The Kier molecular flexibility index (Phi) is 4.13. The van der Waals surface area contributed by atoms with Crippen LogP contribution in [0.25, 0.3) is 0 Å². The largest absolute Gasteiger partial charge is 0.326 e. The second-order valence-corrected chi connectivity index (χ2v) is 5.19.